The van der Waals surface area contributed by atoms with Crippen LogP contribution in [0.4, 0.5) is 0 Å². The highest BCUT2D eigenvalue weighted by Crippen LogP contribution is 2.41. The Kier molecular flexibility index (Phi) is 4.63. The minimum absolute atomic E-state index is 0.712. The summed E-state index contributed by atoms with van der Waals surface area (Å²) >= 11 is 0. The van der Waals surface area contributed by atoms with Gasteiger partial charge < -0.3 is 8.85 Å². The van der Waals surface area contributed by atoms with Gasteiger partial charge in [-0.1, -0.05) is 20.3 Å². The first-order valence-corrected chi connectivity index (χ1v) is 8.46. The Morgan fingerprint density at radius 3 is 2.35 bits per heavy atom. The molecule has 2 aliphatic rings. The summed E-state index contributed by atoms with van der Waals surface area (Å²) < 4.78 is 13.8. The van der Waals surface area contributed by atoms with Crippen LogP contribution in [0.2, 0.25) is 0 Å². The van der Waals surface area contributed by atoms with Gasteiger partial charge >= 0.3 is 9.45 Å². The average Bonchev–Trinajstić information content (AvgIpc) is 2.34. The summed E-state index contributed by atoms with van der Waals surface area (Å²) in [4.78, 5) is 0. The molecule has 0 aromatic rings. The van der Waals surface area contributed by atoms with E-state index in [1.807, 2.05) is 0 Å². The minimum atomic E-state index is -1.60. The van der Waals surface area contributed by atoms with E-state index in [1.54, 1.807) is 14.2 Å². The van der Waals surface area contributed by atoms with Crippen molar-refractivity contribution in [2.45, 2.75) is 45.6 Å². The van der Waals surface area contributed by atoms with Gasteiger partial charge in [-0.15, -0.1) is 0 Å². The van der Waals surface area contributed by atoms with E-state index in [0.717, 1.165) is 17.8 Å². The molecule has 1 heterocycles. The first-order valence-electron chi connectivity index (χ1n) is 7.00. The summed E-state index contributed by atoms with van der Waals surface area (Å²) in [5.74, 6) is 2.55. The standard InChI is InChI=1S/C13H27NO2Si/c1-10-8-9-14(17(15-3)16-4)13-11(2)6-5-7-12(10)13/h10-13,17H,5-9H2,1-4H3. The van der Waals surface area contributed by atoms with Gasteiger partial charge in [0.05, 0.1) is 0 Å². The molecule has 1 aliphatic heterocycles. The van der Waals surface area contributed by atoms with Crippen LogP contribution in [-0.2, 0) is 8.85 Å². The molecule has 0 spiro atoms. The van der Waals surface area contributed by atoms with Crippen LogP contribution in [0, 0.1) is 17.8 Å². The molecular formula is C13H27NO2Si. The molecule has 4 unspecified atom stereocenters. The molecule has 1 saturated heterocycles. The van der Waals surface area contributed by atoms with Crippen LogP contribution >= 0.6 is 0 Å². The Bertz CT molecular complexity index is 248. The minimum Gasteiger partial charge on any atom is -0.388 e. The van der Waals surface area contributed by atoms with Crippen molar-refractivity contribution < 1.29 is 8.85 Å². The van der Waals surface area contributed by atoms with Crippen LogP contribution in [0.3, 0.4) is 0 Å². The molecule has 1 aliphatic carbocycles. The topological polar surface area (TPSA) is 21.7 Å². The van der Waals surface area contributed by atoms with Crippen molar-refractivity contribution in [2.75, 3.05) is 20.8 Å². The van der Waals surface area contributed by atoms with Gasteiger partial charge in [0.1, 0.15) is 0 Å². The van der Waals surface area contributed by atoms with Gasteiger partial charge in [-0.05, 0) is 43.6 Å². The Morgan fingerprint density at radius 1 is 1.00 bits per heavy atom. The molecule has 17 heavy (non-hydrogen) atoms. The number of fused-ring (bicyclic) bond motifs is 1. The van der Waals surface area contributed by atoms with Gasteiger partial charge in [-0.3, -0.25) is 4.57 Å². The highest BCUT2D eigenvalue weighted by Gasteiger charge is 2.44. The fraction of sp³-hybridized carbons (Fsp3) is 1.00. The van der Waals surface area contributed by atoms with Gasteiger partial charge in [0, 0.05) is 20.3 Å². The molecule has 2 fully saturated rings. The predicted molar refractivity (Wildman–Crippen MR) is 71.9 cm³/mol. The lowest BCUT2D eigenvalue weighted by molar-refractivity contribution is 0.0157. The molecule has 0 N–H and O–H groups in total. The van der Waals surface area contributed by atoms with Gasteiger partial charge in [-0.25, -0.2) is 0 Å². The zero-order valence-electron chi connectivity index (χ0n) is 11.7. The number of hydrogen-bond donors (Lipinski definition) is 0. The van der Waals surface area contributed by atoms with Gasteiger partial charge in [-0.2, -0.15) is 0 Å². The largest absolute Gasteiger partial charge is 0.410 e. The quantitative estimate of drug-likeness (QED) is 0.723. The van der Waals surface area contributed by atoms with Gasteiger partial charge in [0.15, 0.2) is 0 Å². The Labute approximate surface area is 107 Å². The number of piperidine rings is 1. The van der Waals surface area contributed by atoms with Crippen molar-refractivity contribution in [3.05, 3.63) is 0 Å². The maximum absolute atomic E-state index is 5.61. The SMILES string of the molecule is CO[SiH](OC)N1CCC(C)C2CCCC(C)C21. The zero-order valence-corrected chi connectivity index (χ0v) is 12.8. The Hall–Kier alpha value is 0.0969. The van der Waals surface area contributed by atoms with Crippen LogP contribution in [0.1, 0.15) is 39.5 Å². The second-order valence-electron chi connectivity index (χ2n) is 5.84. The first-order chi connectivity index (χ1) is 8.19. The summed E-state index contributed by atoms with van der Waals surface area (Å²) in [6, 6.07) is 0.712. The number of nitrogens with zero attached hydrogens (tertiary/aromatic N) is 1. The van der Waals surface area contributed by atoms with Crippen LogP contribution in [0.5, 0.6) is 0 Å². The first kappa shape index (κ1) is 13.5. The van der Waals surface area contributed by atoms with E-state index in [1.165, 1.54) is 32.2 Å². The maximum Gasteiger partial charge on any atom is 0.410 e. The van der Waals surface area contributed by atoms with Crippen LogP contribution in [-0.4, -0.2) is 40.8 Å². The summed E-state index contributed by atoms with van der Waals surface area (Å²) in [5, 5.41) is 0. The number of hydrogen-bond acceptors (Lipinski definition) is 3. The molecule has 2 rings (SSSR count). The van der Waals surface area contributed by atoms with Crippen LogP contribution in [0.15, 0.2) is 0 Å². The lowest BCUT2D eigenvalue weighted by atomic mass is 9.69. The average molecular weight is 257 g/mol. The second-order valence-corrected chi connectivity index (χ2v) is 8.07. The van der Waals surface area contributed by atoms with Crippen LogP contribution < -0.4 is 0 Å². The molecule has 1 saturated carbocycles. The molecule has 4 atom stereocenters. The summed E-state index contributed by atoms with van der Waals surface area (Å²) in [6.07, 6.45) is 5.50. The maximum atomic E-state index is 5.61. The highest BCUT2D eigenvalue weighted by atomic mass is 28.3. The highest BCUT2D eigenvalue weighted by molar-refractivity contribution is 6.41. The molecule has 0 aromatic heterocycles. The third-order valence-electron chi connectivity index (χ3n) is 4.85. The predicted octanol–water partition coefficient (Wildman–Crippen LogP) is 2.14. The van der Waals surface area contributed by atoms with Crippen molar-refractivity contribution in [2.24, 2.45) is 17.8 Å². The van der Waals surface area contributed by atoms with E-state index in [4.69, 9.17) is 8.85 Å². The normalized spacial score (nSPS) is 39.4. The van der Waals surface area contributed by atoms with E-state index in [0.29, 0.717) is 6.04 Å². The van der Waals surface area contributed by atoms with Gasteiger partial charge in [0.2, 0.25) is 0 Å². The zero-order chi connectivity index (χ0) is 12.4. The molecule has 0 amide bonds. The van der Waals surface area contributed by atoms with Crippen molar-refractivity contribution in [3.63, 3.8) is 0 Å². The fourth-order valence-electron chi connectivity index (χ4n) is 3.96. The lowest BCUT2D eigenvalue weighted by Crippen LogP contribution is -2.59. The van der Waals surface area contributed by atoms with Gasteiger partial charge in [0.25, 0.3) is 0 Å². The fourth-order valence-corrected chi connectivity index (χ4v) is 5.85. The number of rotatable bonds is 3. The third kappa shape index (κ3) is 2.60. The summed E-state index contributed by atoms with van der Waals surface area (Å²) in [7, 11) is 2.01. The van der Waals surface area contributed by atoms with Crippen molar-refractivity contribution in [1.29, 1.82) is 0 Å². The molecule has 100 valence electrons. The van der Waals surface area contributed by atoms with E-state index in [9.17, 15) is 0 Å². The van der Waals surface area contributed by atoms with E-state index < -0.39 is 9.45 Å². The molecule has 0 aromatic carbocycles. The van der Waals surface area contributed by atoms with Crippen molar-refractivity contribution in [1.82, 2.24) is 4.57 Å². The second kappa shape index (κ2) is 5.82. The Balaban J connectivity index is 2.15. The van der Waals surface area contributed by atoms with Crippen molar-refractivity contribution in [3.8, 4) is 0 Å². The Morgan fingerprint density at radius 2 is 1.71 bits per heavy atom. The summed E-state index contributed by atoms with van der Waals surface area (Å²) in [5.41, 5.74) is 0. The summed E-state index contributed by atoms with van der Waals surface area (Å²) in [6.45, 7) is 6.02. The molecular weight excluding hydrogens is 230 g/mol. The molecule has 0 bridgehead atoms. The van der Waals surface area contributed by atoms with Crippen molar-refractivity contribution >= 4 is 9.45 Å². The van der Waals surface area contributed by atoms with E-state index in [-0.39, 0.29) is 0 Å². The molecule has 3 nitrogen and oxygen atoms in total. The van der Waals surface area contributed by atoms with E-state index >= 15 is 0 Å². The monoisotopic (exact) mass is 257 g/mol. The lowest BCUT2D eigenvalue weighted by Gasteiger charge is -2.51. The molecule has 4 heteroatoms. The van der Waals surface area contributed by atoms with E-state index in [2.05, 4.69) is 18.4 Å². The van der Waals surface area contributed by atoms with Crippen LogP contribution in [0.25, 0.3) is 0 Å². The smallest absolute Gasteiger partial charge is 0.388 e. The third-order valence-corrected chi connectivity index (χ3v) is 6.80. The molecule has 0 radical (unpaired) electrons.